The summed E-state index contributed by atoms with van der Waals surface area (Å²) in [6.45, 7) is 0. The summed E-state index contributed by atoms with van der Waals surface area (Å²) in [4.78, 5) is 54.2. The lowest BCUT2D eigenvalue weighted by Crippen LogP contribution is -2.43. The second kappa shape index (κ2) is 7.16. The zero-order chi connectivity index (χ0) is 23.1. The van der Waals surface area contributed by atoms with Crippen LogP contribution in [0.2, 0.25) is 0 Å². The number of methoxy groups -OCH3 is 1. The molecule has 1 aromatic carbocycles. The minimum atomic E-state index is -0.679. The first kappa shape index (κ1) is 21.2. The van der Waals surface area contributed by atoms with Gasteiger partial charge in [0.05, 0.1) is 30.8 Å². The van der Waals surface area contributed by atoms with Gasteiger partial charge in [-0.1, -0.05) is 27.6 Å². The monoisotopic (exact) mass is 502 g/mol. The maximum absolute atomic E-state index is 13.2. The van der Waals surface area contributed by atoms with Crippen LogP contribution in [-0.2, 0) is 19.2 Å². The standard InChI is InChI=1S/C23H23BrN2O6/c1-25-20(28)11-5-4-10-12(17(11)22(25)30)8-14-18(23(31)26(2)21(14)29)16(10)13-6-9(24)7-15(32-3)19(13)27/h4,6-7,11-12,14,16-18,27H,5,8H2,1-3H3/t11-,12+,14+,16+,17-,18+/m0/s1. The Kier molecular flexibility index (Phi) is 4.74. The molecule has 2 aliphatic carbocycles. The highest BCUT2D eigenvalue weighted by molar-refractivity contribution is 9.10. The fraction of sp³-hybridized carbons (Fsp3) is 0.478. The average Bonchev–Trinajstić information content (AvgIpc) is 3.13. The Balaban J connectivity index is 1.71. The lowest BCUT2D eigenvalue weighted by atomic mass is 9.57. The number of allylic oxidation sites excluding steroid dienone is 2. The van der Waals surface area contributed by atoms with Crippen molar-refractivity contribution in [2.45, 2.75) is 18.8 Å². The number of hydrogen-bond acceptors (Lipinski definition) is 6. The van der Waals surface area contributed by atoms with E-state index in [0.29, 0.717) is 22.9 Å². The van der Waals surface area contributed by atoms with Gasteiger partial charge in [0.2, 0.25) is 23.6 Å². The van der Waals surface area contributed by atoms with Gasteiger partial charge in [0.1, 0.15) is 0 Å². The number of amides is 4. The molecule has 1 aromatic rings. The van der Waals surface area contributed by atoms with Gasteiger partial charge in [0, 0.05) is 30.0 Å². The molecule has 4 amide bonds. The zero-order valence-electron chi connectivity index (χ0n) is 17.9. The van der Waals surface area contributed by atoms with E-state index in [1.807, 2.05) is 6.08 Å². The van der Waals surface area contributed by atoms with Crippen molar-refractivity contribution in [2.24, 2.45) is 29.6 Å². The first-order valence-electron chi connectivity index (χ1n) is 10.6. The van der Waals surface area contributed by atoms with Crippen LogP contribution in [0.15, 0.2) is 28.3 Å². The van der Waals surface area contributed by atoms with E-state index in [2.05, 4.69) is 15.9 Å². The quantitative estimate of drug-likeness (QED) is 0.490. The molecule has 0 bridgehead atoms. The van der Waals surface area contributed by atoms with E-state index in [4.69, 9.17) is 4.74 Å². The number of phenols is 1. The summed E-state index contributed by atoms with van der Waals surface area (Å²) in [6, 6.07) is 3.36. The van der Waals surface area contributed by atoms with Gasteiger partial charge in [0.25, 0.3) is 0 Å². The molecule has 4 aliphatic rings. The molecule has 1 saturated carbocycles. The second-order valence-electron chi connectivity index (χ2n) is 9.04. The van der Waals surface area contributed by atoms with E-state index in [1.165, 1.54) is 26.1 Å². The van der Waals surface area contributed by atoms with Crippen molar-refractivity contribution in [2.75, 3.05) is 21.2 Å². The van der Waals surface area contributed by atoms with E-state index in [-0.39, 0.29) is 41.0 Å². The van der Waals surface area contributed by atoms with Crippen LogP contribution in [0.1, 0.15) is 24.3 Å². The van der Waals surface area contributed by atoms with E-state index >= 15 is 0 Å². The SMILES string of the molecule is COc1cc(Br)cc([C@H]2C3=CC[C@@H]4C(=O)N(C)C(=O)[C@@H]4[C@@H]3C[C@H]3C(=O)N(C)C(=O)[C@@H]23)c1O. The van der Waals surface area contributed by atoms with E-state index < -0.39 is 29.6 Å². The van der Waals surface area contributed by atoms with Crippen LogP contribution in [0.4, 0.5) is 0 Å². The molecule has 0 spiro atoms. The molecule has 5 rings (SSSR count). The number of hydrogen-bond donors (Lipinski definition) is 1. The molecule has 1 N–H and O–H groups in total. The summed E-state index contributed by atoms with van der Waals surface area (Å²) in [5.74, 6) is -4.11. The van der Waals surface area contributed by atoms with Gasteiger partial charge in [-0.3, -0.25) is 29.0 Å². The summed E-state index contributed by atoms with van der Waals surface area (Å²) in [7, 11) is 4.41. The number of rotatable bonds is 2. The molecule has 2 heterocycles. The van der Waals surface area contributed by atoms with Gasteiger partial charge < -0.3 is 9.84 Å². The van der Waals surface area contributed by atoms with Crippen LogP contribution in [-0.4, -0.2) is 59.7 Å². The van der Waals surface area contributed by atoms with Gasteiger partial charge in [-0.25, -0.2) is 0 Å². The van der Waals surface area contributed by atoms with Crippen molar-refractivity contribution in [3.63, 3.8) is 0 Å². The summed E-state index contributed by atoms with van der Waals surface area (Å²) in [5.41, 5.74) is 1.32. The zero-order valence-corrected chi connectivity index (χ0v) is 19.5. The third kappa shape index (κ3) is 2.66. The highest BCUT2D eigenvalue weighted by Crippen LogP contribution is 2.59. The molecule has 2 aliphatic heterocycles. The number of benzene rings is 1. The number of ether oxygens (including phenoxy) is 1. The van der Waals surface area contributed by atoms with Crippen LogP contribution in [0.25, 0.3) is 0 Å². The normalized spacial score (nSPS) is 33.8. The fourth-order valence-corrected chi connectivity index (χ4v) is 6.69. The number of aromatic hydroxyl groups is 1. The smallest absolute Gasteiger partial charge is 0.233 e. The topological polar surface area (TPSA) is 104 Å². The Labute approximate surface area is 193 Å². The first-order valence-corrected chi connectivity index (χ1v) is 11.4. The molecule has 9 heteroatoms. The third-order valence-electron chi connectivity index (χ3n) is 7.71. The maximum Gasteiger partial charge on any atom is 0.233 e. The van der Waals surface area contributed by atoms with Crippen molar-refractivity contribution in [3.05, 3.63) is 33.8 Å². The number of carbonyl (C=O) groups is 4. The van der Waals surface area contributed by atoms with Gasteiger partial charge in [-0.2, -0.15) is 0 Å². The molecular weight excluding hydrogens is 480 g/mol. The highest BCUT2D eigenvalue weighted by Gasteiger charge is 2.61. The van der Waals surface area contributed by atoms with Crippen LogP contribution in [0, 0.1) is 29.6 Å². The Hall–Kier alpha value is -2.68. The number of phenolic OH excluding ortho intramolecular Hbond substituents is 1. The Morgan fingerprint density at radius 1 is 0.938 bits per heavy atom. The minimum absolute atomic E-state index is 0.0936. The number of fused-ring (bicyclic) bond motifs is 4. The van der Waals surface area contributed by atoms with Gasteiger partial charge in [-0.05, 0) is 30.9 Å². The average molecular weight is 503 g/mol. The predicted octanol–water partition coefficient (Wildman–Crippen LogP) is 2.06. The molecule has 3 fully saturated rings. The second-order valence-corrected chi connectivity index (χ2v) is 9.96. The van der Waals surface area contributed by atoms with Crippen molar-refractivity contribution in [1.29, 1.82) is 0 Å². The predicted molar refractivity (Wildman–Crippen MR) is 115 cm³/mol. The molecule has 2 saturated heterocycles. The number of nitrogens with zero attached hydrogens (tertiary/aromatic N) is 2. The maximum atomic E-state index is 13.2. The van der Waals surface area contributed by atoms with Crippen LogP contribution in [0.5, 0.6) is 11.5 Å². The van der Waals surface area contributed by atoms with E-state index in [9.17, 15) is 24.3 Å². The summed E-state index contributed by atoms with van der Waals surface area (Å²) >= 11 is 3.45. The summed E-state index contributed by atoms with van der Waals surface area (Å²) in [5, 5.41) is 11.0. The van der Waals surface area contributed by atoms with Gasteiger partial charge in [0.15, 0.2) is 11.5 Å². The van der Waals surface area contributed by atoms with Gasteiger partial charge in [-0.15, -0.1) is 0 Å². The molecule has 168 valence electrons. The minimum Gasteiger partial charge on any atom is -0.504 e. The molecule has 0 aromatic heterocycles. The number of halogens is 1. The number of imide groups is 2. The molecule has 32 heavy (non-hydrogen) atoms. The Morgan fingerprint density at radius 2 is 1.56 bits per heavy atom. The van der Waals surface area contributed by atoms with Crippen molar-refractivity contribution >= 4 is 39.6 Å². The van der Waals surface area contributed by atoms with Crippen LogP contribution >= 0.6 is 15.9 Å². The molecule has 0 unspecified atom stereocenters. The van der Waals surface area contributed by atoms with Crippen molar-refractivity contribution in [1.82, 2.24) is 9.80 Å². The third-order valence-corrected chi connectivity index (χ3v) is 8.17. The van der Waals surface area contributed by atoms with E-state index in [0.717, 1.165) is 10.5 Å². The van der Waals surface area contributed by atoms with Crippen molar-refractivity contribution in [3.8, 4) is 11.5 Å². The Morgan fingerprint density at radius 3 is 2.22 bits per heavy atom. The van der Waals surface area contributed by atoms with Crippen LogP contribution < -0.4 is 4.74 Å². The van der Waals surface area contributed by atoms with Crippen molar-refractivity contribution < 1.29 is 29.0 Å². The van der Waals surface area contributed by atoms with Gasteiger partial charge >= 0.3 is 0 Å². The summed E-state index contributed by atoms with van der Waals surface area (Å²) < 4.78 is 5.98. The summed E-state index contributed by atoms with van der Waals surface area (Å²) in [6.07, 6.45) is 2.67. The largest absolute Gasteiger partial charge is 0.504 e. The van der Waals surface area contributed by atoms with Crippen LogP contribution in [0.3, 0.4) is 0 Å². The lowest BCUT2D eigenvalue weighted by molar-refractivity contribution is -0.140. The lowest BCUT2D eigenvalue weighted by Gasteiger charge is -2.44. The molecule has 6 atom stereocenters. The molecule has 8 nitrogen and oxygen atoms in total. The number of carbonyl (C=O) groups excluding carboxylic acids is 4. The molecular formula is C23H23BrN2O6. The first-order chi connectivity index (χ1) is 15.2. The number of likely N-dealkylation sites (tertiary alicyclic amines) is 2. The molecule has 0 radical (unpaired) electrons. The highest BCUT2D eigenvalue weighted by atomic mass is 79.9. The fourth-order valence-electron chi connectivity index (χ4n) is 6.24. The Bertz CT molecular complexity index is 1110. The van der Waals surface area contributed by atoms with E-state index in [1.54, 1.807) is 12.1 Å².